The van der Waals surface area contributed by atoms with Crippen molar-refractivity contribution < 1.29 is 4.79 Å². The molecule has 0 radical (unpaired) electrons. The topological polar surface area (TPSA) is 59.0 Å². The first-order valence-electron chi connectivity index (χ1n) is 5.76. The quantitative estimate of drug-likeness (QED) is 0.710. The van der Waals surface area contributed by atoms with Gasteiger partial charge in [0.15, 0.2) is 0 Å². The fourth-order valence-electron chi connectivity index (χ4n) is 1.49. The zero-order valence-electron chi connectivity index (χ0n) is 9.99. The standard InChI is InChI=1S/C11H20N4O/c1-3-7-15-10(5-6-14-15)8-12-9-11(16)13-4-2/h5-6,12H,3-4,7-9H2,1-2H3,(H,13,16). The van der Waals surface area contributed by atoms with Gasteiger partial charge in [0.25, 0.3) is 0 Å². The van der Waals surface area contributed by atoms with Gasteiger partial charge in [-0.2, -0.15) is 5.10 Å². The maximum absolute atomic E-state index is 11.2. The van der Waals surface area contributed by atoms with Crippen LogP contribution < -0.4 is 10.6 Å². The van der Waals surface area contributed by atoms with Crippen LogP contribution in [-0.2, 0) is 17.9 Å². The summed E-state index contributed by atoms with van der Waals surface area (Å²) >= 11 is 0. The molecule has 0 fully saturated rings. The van der Waals surface area contributed by atoms with E-state index in [0.717, 1.165) is 18.7 Å². The maximum atomic E-state index is 11.2. The zero-order chi connectivity index (χ0) is 11.8. The van der Waals surface area contributed by atoms with Crippen molar-refractivity contribution >= 4 is 5.91 Å². The Morgan fingerprint density at radius 1 is 1.50 bits per heavy atom. The molecule has 0 bridgehead atoms. The van der Waals surface area contributed by atoms with Gasteiger partial charge in [-0.25, -0.2) is 0 Å². The summed E-state index contributed by atoms with van der Waals surface area (Å²) < 4.78 is 1.96. The molecule has 0 unspecified atom stereocenters. The minimum Gasteiger partial charge on any atom is -0.355 e. The van der Waals surface area contributed by atoms with Crippen LogP contribution in [0, 0.1) is 0 Å². The molecule has 1 aromatic rings. The Morgan fingerprint density at radius 2 is 2.31 bits per heavy atom. The van der Waals surface area contributed by atoms with Gasteiger partial charge in [-0.1, -0.05) is 6.92 Å². The van der Waals surface area contributed by atoms with Crippen molar-refractivity contribution in [3.05, 3.63) is 18.0 Å². The molecule has 90 valence electrons. The fraction of sp³-hybridized carbons (Fsp3) is 0.636. The van der Waals surface area contributed by atoms with Gasteiger partial charge in [0, 0.05) is 25.8 Å². The maximum Gasteiger partial charge on any atom is 0.233 e. The van der Waals surface area contributed by atoms with Crippen molar-refractivity contribution in [2.45, 2.75) is 33.4 Å². The van der Waals surface area contributed by atoms with E-state index in [9.17, 15) is 4.79 Å². The smallest absolute Gasteiger partial charge is 0.233 e. The van der Waals surface area contributed by atoms with E-state index in [1.165, 1.54) is 0 Å². The number of rotatable bonds is 7. The molecule has 0 aromatic carbocycles. The van der Waals surface area contributed by atoms with Crippen LogP contribution in [0.3, 0.4) is 0 Å². The number of nitrogens with one attached hydrogen (secondary N) is 2. The predicted molar refractivity (Wildman–Crippen MR) is 62.9 cm³/mol. The molecule has 1 rings (SSSR count). The number of aromatic nitrogens is 2. The van der Waals surface area contributed by atoms with Crippen LogP contribution in [0.4, 0.5) is 0 Å². The highest BCUT2D eigenvalue weighted by Gasteiger charge is 2.02. The summed E-state index contributed by atoms with van der Waals surface area (Å²) in [5.74, 6) is 0.0315. The number of aryl methyl sites for hydroxylation is 1. The normalized spacial score (nSPS) is 10.4. The SMILES string of the molecule is CCCn1nccc1CNCC(=O)NCC. The largest absolute Gasteiger partial charge is 0.355 e. The second-order valence-corrected chi connectivity index (χ2v) is 3.60. The number of likely N-dealkylation sites (N-methyl/N-ethyl adjacent to an activating group) is 1. The Hall–Kier alpha value is -1.36. The Kier molecular flexibility index (Phi) is 5.56. The number of hydrogen-bond donors (Lipinski definition) is 2. The van der Waals surface area contributed by atoms with E-state index in [0.29, 0.717) is 19.6 Å². The first kappa shape index (κ1) is 12.7. The van der Waals surface area contributed by atoms with Gasteiger partial charge < -0.3 is 10.6 Å². The summed E-state index contributed by atoms with van der Waals surface area (Å²) in [7, 11) is 0. The first-order valence-corrected chi connectivity index (χ1v) is 5.76. The van der Waals surface area contributed by atoms with E-state index in [-0.39, 0.29) is 5.91 Å². The summed E-state index contributed by atoms with van der Waals surface area (Å²) in [6.45, 7) is 6.66. The average Bonchev–Trinajstić information content (AvgIpc) is 2.67. The van der Waals surface area contributed by atoms with Crippen LogP contribution in [0.25, 0.3) is 0 Å². The van der Waals surface area contributed by atoms with Gasteiger partial charge >= 0.3 is 0 Å². The van der Waals surface area contributed by atoms with E-state index < -0.39 is 0 Å². The first-order chi connectivity index (χ1) is 7.77. The van der Waals surface area contributed by atoms with Crippen LogP contribution in [-0.4, -0.2) is 28.8 Å². The lowest BCUT2D eigenvalue weighted by Crippen LogP contribution is -2.33. The third-order valence-electron chi connectivity index (χ3n) is 2.21. The summed E-state index contributed by atoms with van der Waals surface area (Å²) in [5, 5.41) is 10.1. The van der Waals surface area contributed by atoms with Crippen LogP contribution in [0.1, 0.15) is 26.0 Å². The molecule has 2 N–H and O–H groups in total. The number of carbonyl (C=O) groups is 1. The van der Waals surface area contributed by atoms with E-state index in [4.69, 9.17) is 0 Å². The Morgan fingerprint density at radius 3 is 3.00 bits per heavy atom. The minimum absolute atomic E-state index is 0.0315. The van der Waals surface area contributed by atoms with Crippen molar-refractivity contribution in [3.63, 3.8) is 0 Å². The Bertz CT molecular complexity index is 322. The number of nitrogens with zero attached hydrogens (tertiary/aromatic N) is 2. The summed E-state index contributed by atoms with van der Waals surface area (Å²) in [6, 6.07) is 1.97. The van der Waals surface area contributed by atoms with E-state index in [2.05, 4.69) is 22.7 Å². The van der Waals surface area contributed by atoms with Gasteiger partial charge in [-0.15, -0.1) is 0 Å². The molecule has 5 nitrogen and oxygen atoms in total. The molecule has 0 atom stereocenters. The molecule has 1 heterocycles. The second kappa shape index (κ2) is 7.00. The molecule has 16 heavy (non-hydrogen) atoms. The van der Waals surface area contributed by atoms with Gasteiger partial charge in [0.1, 0.15) is 0 Å². The lowest BCUT2D eigenvalue weighted by Gasteiger charge is -2.07. The van der Waals surface area contributed by atoms with E-state index >= 15 is 0 Å². The van der Waals surface area contributed by atoms with Crippen LogP contribution in [0.2, 0.25) is 0 Å². The molecular formula is C11H20N4O. The van der Waals surface area contributed by atoms with Crippen molar-refractivity contribution in [3.8, 4) is 0 Å². The summed E-state index contributed by atoms with van der Waals surface area (Å²) in [6.07, 6.45) is 2.85. The van der Waals surface area contributed by atoms with Gasteiger partial charge in [-0.3, -0.25) is 9.48 Å². The Balaban J connectivity index is 2.31. The van der Waals surface area contributed by atoms with Crippen LogP contribution in [0.5, 0.6) is 0 Å². The highest BCUT2D eigenvalue weighted by atomic mass is 16.1. The lowest BCUT2D eigenvalue weighted by atomic mass is 10.4. The summed E-state index contributed by atoms with van der Waals surface area (Å²) in [4.78, 5) is 11.2. The number of hydrogen-bond acceptors (Lipinski definition) is 3. The Labute approximate surface area is 96.2 Å². The number of amides is 1. The third-order valence-corrected chi connectivity index (χ3v) is 2.21. The van der Waals surface area contributed by atoms with E-state index in [1.54, 1.807) is 6.20 Å². The molecule has 0 saturated heterocycles. The molecular weight excluding hydrogens is 204 g/mol. The number of carbonyl (C=O) groups excluding carboxylic acids is 1. The van der Waals surface area contributed by atoms with Crippen molar-refractivity contribution in [2.24, 2.45) is 0 Å². The molecule has 1 amide bonds. The molecule has 0 aliphatic rings. The second-order valence-electron chi connectivity index (χ2n) is 3.60. The van der Waals surface area contributed by atoms with Crippen molar-refractivity contribution in [1.29, 1.82) is 0 Å². The third kappa shape index (κ3) is 4.02. The summed E-state index contributed by atoms with van der Waals surface area (Å²) in [5.41, 5.74) is 1.12. The molecule has 0 aliphatic carbocycles. The predicted octanol–water partition coefficient (Wildman–Crippen LogP) is 0.519. The van der Waals surface area contributed by atoms with Crippen molar-refractivity contribution in [1.82, 2.24) is 20.4 Å². The van der Waals surface area contributed by atoms with Gasteiger partial charge in [0.05, 0.1) is 12.2 Å². The monoisotopic (exact) mass is 224 g/mol. The molecule has 0 saturated carbocycles. The molecule has 1 aromatic heterocycles. The highest BCUT2D eigenvalue weighted by Crippen LogP contribution is 1.99. The average molecular weight is 224 g/mol. The van der Waals surface area contributed by atoms with Gasteiger partial charge in [0.2, 0.25) is 5.91 Å². The zero-order valence-corrected chi connectivity index (χ0v) is 9.99. The van der Waals surface area contributed by atoms with E-state index in [1.807, 2.05) is 17.7 Å². The lowest BCUT2D eigenvalue weighted by molar-refractivity contribution is -0.120. The minimum atomic E-state index is 0.0315. The highest BCUT2D eigenvalue weighted by molar-refractivity contribution is 5.77. The van der Waals surface area contributed by atoms with Crippen molar-refractivity contribution in [2.75, 3.05) is 13.1 Å². The van der Waals surface area contributed by atoms with Crippen LogP contribution in [0.15, 0.2) is 12.3 Å². The molecule has 0 aliphatic heterocycles. The van der Waals surface area contributed by atoms with Crippen LogP contribution >= 0.6 is 0 Å². The fourth-order valence-corrected chi connectivity index (χ4v) is 1.49. The van der Waals surface area contributed by atoms with Gasteiger partial charge in [-0.05, 0) is 19.4 Å². The molecule has 0 spiro atoms. The molecule has 5 heteroatoms.